The van der Waals surface area contributed by atoms with Crippen molar-refractivity contribution >= 4 is 21.6 Å². The van der Waals surface area contributed by atoms with E-state index in [1.54, 1.807) is 7.11 Å². The normalized spacial score (nSPS) is 12.0. The third-order valence-electron chi connectivity index (χ3n) is 3.49. The first-order chi connectivity index (χ1) is 10.0. The van der Waals surface area contributed by atoms with Crippen LogP contribution in [0, 0.1) is 0 Å². The fourth-order valence-electron chi connectivity index (χ4n) is 2.41. The summed E-state index contributed by atoms with van der Waals surface area (Å²) in [7, 11) is 3.77. The van der Waals surface area contributed by atoms with Crippen LogP contribution in [-0.2, 0) is 6.54 Å². The molecular weight excluding hydrogens is 328 g/mol. The summed E-state index contributed by atoms with van der Waals surface area (Å²) >= 11 is 3.54. The van der Waals surface area contributed by atoms with Crippen LogP contribution in [0.3, 0.4) is 0 Å². The molecule has 0 aliphatic heterocycles. The number of hydrogen-bond acceptors (Lipinski definition) is 3. The molecule has 0 radical (unpaired) electrons. The van der Waals surface area contributed by atoms with Crippen LogP contribution in [0.15, 0.2) is 46.9 Å². The molecule has 0 saturated carbocycles. The van der Waals surface area contributed by atoms with E-state index in [4.69, 9.17) is 10.5 Å². The lowest BCUT2D eigenvalue weighted by atomic mass is 10.1. The Balaban J connectivity index is 2.32. The molecule has 112 valence electrons. The summed E-state index contributed by atoms with van der Waals surface area (Å²) in [5, 5.41) is 0. The van der Waals surface area contributed by atoms with Gasteiger partial charge in [-0.25, -0.2) is 0 Å². The molecule has 1 unspecified atom stereocenters. The molecule has 0 heterocycles. The third kappa shape index (κ3) is 3.77. The molecule has 0 saturated heterocycles. The lowest BCUT2D eigenvalue weighted by molar-refractivity contribution is 0.409. The molecule has 2 rings (SSSR count). The summed E-state index contributed by atoms with van der Waals surface area (Å²) in [6, 6.07) is 14.3. The lowest BCUT2D eigenvalue weighted by Gasteiger charge is -2.25. The van der Waals surface area contributed by atoms with Crippen LogP contribution >= 0.6 is 15.9 Å². The summed E-state index contributed by atoms with van der Waals surface area (Å²) in [5.74, 6) is 0.904. The summed E-state index contributed by atoms with van der Waals surface area (Å²) in [6.07, 6.45) is 0. The largest absolute Gasteiger partial charge is 0.496 e. The van der Waals surface area contributed by atoms with Crippen LogP contribution in [0.5, 0.6) is 5.75 Å². The van der Waals surface area contributed by atoms with Gasteiger partial charge in [0.2, 0.25) is 0 Å². The Kier molecular flexibility index (Phi) is 5.26. The topological polar surface area (TPSA) is 38.5 Å². The Labute approximate surface area is 134 Å². The molecule has 0 aromatic heterocycles. The molecule has 0 spiro atoms. The summed E-state index contributed by atoms with van der Waals surface area (Å²) in [6.45, 7) is 2.77. The van der Waals surface area contributed by atoms with Crippen molar-refractivity contribution < 1.29 is 4.74 Å². The molecule has 4 heteroatoms. The molecule has 3 nitrogen and oxygen atoms in total. The number of ether oxygens (including phenoxy) is 1. The Morgan fingerprint density at radius 1 is 1.24 bits per heavy atom. The van der Waals surface area contributed by atoms with Gasteiger partial charge < -0.3 is 15.4 Å². The number of nitrogens with two attached hydrogens (primary N) is 1. The zero-order chi connectivity index (χ0) is 15.4. The highest BCUT2D eigenvalue weighted by molar-refractivity contribution is 9.10. The number of methoxy groups -OCH3 is 1. The maximum Gasteiger partial charge on any atom is 0.123 e. The SMILES string of the molecule is COc1ccccc1CN(C)c1cc(Br)ccc1C(C)N. The summed E-state index contributed by atoms with van der Waals surface area (Å²) in [4.78, 5) is 2.20. The number of para-hydroxylation sites is 1. The quantitative estimate of drug-likeness (QED) is 0.883. The van der Waals surface area contributed by atoms with Gasteiger partial charge in [-0.15, -0.1) is 0 Å². The van der Waals surface area contributed by atoms with Crippen LogP contribution in [-0.4, -0.2) is 14.2 Å². The van der Waals surface area contributed by atoms with E-state index in [0.29, 0.717) is 0 Å². The van der Waals surface area contributed by atoms with Crippen molar-refractivity contribution in [2.75, 3.05) is 19.1 Å². The number of hydrogen-bond donors (Lipinski definition) is 1. The lowest BCUT2D eigenvalue weighted by Crippen LogP contribution is -2.20. The minimum Gasteiger partial charge on any atom is -0.496 e. The number of nitrogens with zero attached hydrogens (tertiary/aromatic N) is 1. The second kappa shape index (κ2) is 6.96. The fraction of sp³-hybridized carbons (Fsp3) is 0.294. The van der Waals surface area contributed by atoms with E-state index < -0.39 is 0 Å². The second-order valence-electron chi connectivity index (χ2n) is 5.16. The first kappa shape index (κ1) is 15.9. The summed E-state index contributed by atoms with van der Waals surface area (Å²) < 4.78 is 6.47. The molecule has 0 aliphatic rings. The zero-order valence-electron chi connectivity index (χ0n) is 12.6. The molecule has 2 aromatic carbocycles. The maximum atomic E-state index is 6.09. The average Bonchev–Trinajstić information content (AvgIpc) is 2.47. The van der Waals surface area contributed by atoms with Gasteiger partial charge in [0.05, 0.1) is 7.11 Å². The first-order valence-corrected chi connectivity index (χ1v) is 7.70. The Morgan fingerprint density at radius 2 is 1.95 bits per heavy atom. The van der Waals surface area contributed by atoms with Gasteiger partial charge in [0.15, 0.2) is 0 Å². The monoisotopic (exact) mass is 348 g/mol. The van der Waals surface area contributed by atoms with Crippen LogP contribution < -0.4 is 15.4 Å². The maximum absolute atomic E-state index is 6.09. The standard InChI is InChI=1S/C17H21BrN2O/c1-12(19)15-9-8-14(18)10-16(15)20(2)11-13-6-4-5-7-17(13)21-3/h4-10,12H,11,19H2,1-3H3. The molecule has 1 atom stereocenters. The second-order valence-corrected chi connectivity index (χ2v) is 6.08. The van der Waals surface area contributed by atoms with Crippen molar-refractivity contribution in [2.45, 2.75) is 19.5 Å². The van der Waals surface area contributed by atoms with Gasteiger partial charge in [0.25, 0.3) is 0 Å². The van der Waals surface area contributed by atoms with Crippen LogP contribution in [0.4, 0.5) is 5.69 Å². The van der Waals surface area contributed by atoms with Gasteiger partial charge in [0.1, 0.15) is 5.75 Å². The van der Waals surface area contributed by atoms with E-state index in [2.05, 4.69) is 46.1 Å². The van der Waals surface area contributed by atoms with E-state index in [1.165, 1.54) is 0 Å². The van der Waals surface area contributed by atoms with E-state index in [-0.39, 0.29) is 6.04 Å². The van der Waals surface area contributed by atoms with Crippen LogP contribution in [0.1, 0.15) is 24.1 Å². The molecule has 0 bridgehead atoms. The van der Waals surface area contributed by atoms with Gasteiger partial charge in [-0.2, -0.15) is 0 Å². The van der Waals surface area contributed by atoms with E-state index in [9.17, 15) is 0 Å². The van der Waals surface area contributed by atoms with Gasteiger partial charge in [-0.3, -0.25) is 0 Å². The molecule has 0 fully saturated rings. The number of halogens is 1. The molecule has 21 heavy (non-hydrogen) atoms. The molecule has 2 N–H and O–H groups in total. The smallest absolute Gasteiger partial charge is 0.123 e. The van der Waals surface area contributed by atoms with Crippen LogP contribution in [0.25, 0.3) is 0 Å². The molecule has 0 amide bonds. The minimum absolute atomic E-state index is 0.00628. The van der Waals surface area contributed by atoms with Gasteiger partial charge in [0, 0.05) is 35.4 Å². The highest BCUT2D eigenvalue weighted by Crippen LogP contribution is 2.30. The molecular formula is C17H21BrN2O. The molecule has 0 aliphatic carbocycles. The molecule has 2 aromatic rings. The van der Waals surface area contributed by atoms with Crippen molar-refractivity contribution in [3.8, 4) is 5.75 Å². The Bertz CT molecular complexity index is 613. The minimum atomic E-state index is -0.00628. The Morgan fingerprint density at radius 3 is 2.62 bits per heavy atom. The average molecular weight is 349 g/mol. The van der Waals surface area contributed by atoms with E-state index in [1.807, 2.05) is 31.2 Å². The highest BCUT2D eigenvalue weighted by Gasteiger charge is 2.13. The number of benzene rings is 2. The van der Waals surface area contributed by atoms with Gasteiger partial charge in [-0.1, -0.05) is 40.2 Å². The van der Waals surface area contributed by atoms with Gasteiger partial charge in [-0.05, 0) is 30.7 Å². The van der Waals surface area contributed by atoms with Crippen LogP contribution in [0.2, 0.25) is 0 Å². The zero-order valence-corrected chi connectivity index (χ0v) is 14.2. The highest BCUT2D eigenvalue weighted by atomic mass is 79.9. The number of rotatable bonds is 5. The predicted molar refractivity (Wildman–Crippen MR) is 91.8 cm³/mol. The van der Waals surface area contributed by atoms with Crippen molar-refractivity contribution in [3.05, 3.63) is 58.1 Å². The van der Waals surface area contributed by atoms with Gasteiger partial charge >= 0.3 is 0 Å². The van der Waals surface area contributed by atoms with Crippen molar-refractivity contribution in [2.24, 2.45) is 5.73 Å². The summed E-state index contributed by atoms with van der Waals surface area (Å²) in [5.41, 5.74) is 9.50. The van der Waals surface area contributed by atoms with Crippen molar-refractivity contribution in [1.29, 1.82) is 0 Å². The van der Waals surface area contributed by atoms with Crippen molar-refractivity contribution in [1.82, 2.24) is 0 Å². The predicted octanol–water partition coefficient (Wildman–Crippen LogP) is 4.11. The fourth-order valence-corrected chi connectivity index (χ4v) is 2.76. The Hall–Kier alpha value is -1.52. The van der Waals surface area contributed by atoms with E-state index in [0.717, 1.165) is 33.6 Å². The van der Waals surface area contributed by atoms with Crippen molar-refractivity contribution in [3.63, 3.8) is 0 Å². The third-order valence-corrected chi connectivity index (χ3v) is 3.99. The van der Waals surface area contributed by atoms with E-state index >= 15 is 0 Å². The number of anilines is 1. The first-order valence-electron chi connectivity index (χ1n) is 6.91.